The zero-order chi connectivity index (χ0) is 27.2. The van der Waals surface area contributed by atoms with Crippen molar-refractivity contribution >= 4 is 40.9 Å². The summed E-state index contributed by atoms with van der Waals surface area (Å²) in [6, 6.07) is 17.5. The highest BCUT2D eigenvalue weighted by atomic mass is 32.2. The molecule has 0 spiro atoms. The van der Waals surface area contributed by atoms with Crippen LogP contribution in [0.25, 0.3) is 11.1 Å². The van der Waals surface area contributed by atoms with E-state index in [2.05, 4.69) is 41.4 Å². The number of thiazole rings is 1. The number of imide groups is 1. The van der Waals surface area contributed by atoms with E-state index in [1.165, 1.54) is 11.3 Å². The van der Waals surface area contributed by atoms with E-state index in [4.69, 9.17) is 0 Å². The molecule has 2 aliphatic heterocycles. The average molecular weight is 561 g/mol. The first kappa shape index (κ1) is 24.8. The number of fused-ring (bicyclic) bond motifs is 9. The van der Waals surface area contributed by atoms with Gasteiger partial charge in [0, 0.05) is 16.0 Å². The van der Waals surface area contributed by atoms with Crippen LogP contribution in [0.4, 0.5) is 0 Å². The third kappa shape index (κ3) is 3.55. The van der Waals surface area contributed by atoms with Crippen LogP contribution in [0.5, 0.6) is 0 Å². The predicted octanol–water partition coefficient (Wildman–Crippen LogP) is 4.69. The number of benzene rings is 2. The maximum Gasteiger partial charge on any atom is 0.327 e. The number of hydrogen-bond donors (Lipinski definition) is 2. The molecule has 8 unspecified atom stereocenters. The van der Waals surface area contributed by atoms with Crippen molar-refractivity contribution in [3.63, 3.8) is 0 Å². The molecule has 3 aromatic rings. The summed E-state index contributed by atoms with van der Waals surface area (Å²) in [4.78, 5) is 57.1. The lowest BCUT2D eigenvalue weighted by Gasteiger charge is -2.43. The van der Waals surface area contributed by atoms with Crippen molar-refractivity contribution in [3.8, 4) is 11.1 Å². The van der Waals surface area contributed by atoms with Gasteiger partial charge in [-0.25, -0.2) is 4.79 Å². The van der Waals surface area contributed by atoms with Crippen molar-refractivity contribution in [1.29, 1.82) is 0 Å². The molecule has 1 aromatic heterocycles. The number of H-pyrrole nitrogens is 1. The van der Waals surface area contributed by atoms with Gasteiger partial charge in [0.2, 0.25) is 11.8 Å². The number of carboxylic acid groups (broad SMARTS) is 1. The molecule has 2 aromatic carbocycles. The van der Waals surface area contributed by atoms with Gasteiger partial charge in [-0.2, -0.15) is 0 Å². The van der Waals surface area contributed by atoms with Gasteiger partial charge in [-0.05, 0) is 46.8 Å². The van der Waals surface area contributed by atoms with E-state index in [0.29, 0.717) is 0 Å². The largest absolute Gasteiger partial charge is 0.480 e. The van der Waals surface area contributed by atoms with Gasteiger partial charge in [0.05, 0.1) is 16.9 Å². The zero-order valence-electron chi connectivity index (χ0n) is 21.4. The van der Waals surface area contributed by atoms with Crippen LogP contribution in [-0.2, 0) is 14.4 Å². The van der Waals surface area contributed by atoms with E-state index in [1.807, 2.05) is 18.2 Å². The van der Waals surface area contributed by atoms with E-state index in [1.54, 1.807) is 25.6 Å². The Labute approximate surface area is 233 Å². The summed E-state index contributed by atoms with van der Waals surface area (Å²) in [5.41, 5.74) is 3.34. The maximum absolute atomic E-state index is 13.8. The van der Waals surface area contributed by atoms with Crippen molar-refractivity contribution in [2.75, 3.05) is 0 Å². The van der Waals surface area contributed by atoms with Crippen molar-refractivity contribution in [2.24, 2.45) is 35.5 Å². The summed E-state index contributed by atoms with van der Waals surface area (Å²) in [5, 5.41) is 10.8. The molecule has 4 aliphatic rings. The molecule has 8 atom stereocenters. The molecule has 39 heavy (non-hydrogen) atoms. The third-order valence-corrected chi connectivity index (χ3v) is 11.9. The fourth-order valence-electron chi connectivity index (χ4n) is 7.89. The second-order valence-electron chi connectivity index (χ2n) is 11.5. The highest BCUT2D eigenvalue weighted by molar-refractivity contribution is 8.00. The molecule has 2 N–H and O–H groups in total. The van der Waals surface area contributed by atoms with Gasteiger partial charge in [0.15, 0.2) is 0 Å². The van der Waals surface area contributed by atoms with Crippen LogP contribution in [0.1, 0.15) is 36.6 Å². The Kier molecular flexibility index (Phi) is 5.68. The molecule has 2 saturated carbocycles. The van der Waals surface area contributed by atoms with Gasteiger partial charge in [0.25, 0.3) is 0 Å². The molecule has 0 radical (unpaired) electrons. The first-order valence-corrected chi connectivity index (χ1v) is 15.1. The average Bonchev–Trinajstić information content (AvgIpc) is 3.65. The standard InChI is InChI=1S/C30H28N2O5S2/c1-13(2)23(29(35)36)32-27(33)21-17-12-18(22(21)28(32)34)24-20(17)19(25-26(38-24)31-30(37)39-25)16-10-8-15(9-11-16)14-6-4-3-5-7-14/h3-11,13,17-24H,12H2,1-2H3,(H,31,37)(H,35,36). The first-order chi connectivity index (χ1) is 18.8. The normalized spacial score (nSPS) is 31.4. The van der Waals surface area contributed by atoms with Gasteiger partial charge in [0.1, 0.15) is 6.04 Å². The number of thioether (sulfide) groups is 1. The second kappa shape index (κ2) is 8.93. The Hall–Kier alpha value is -3.17. The molecule has 2 amide bonds. The molecule has 7 rings (SSSR count). The van der Waals surface area contributed by atoms with E-state index < -0.39 is 23.8 Å². The molecular weight excluding hydrogens is 532 g/mol. The Morgan fingerprint density at radius 3 is 2.23 bits per heavy atom. The van der Waals surface area contributed by atoms with Gasteiger partial charge in [-0.15, -0.1) is 11.8 Å². The van der Waals surface area contributed by atoms with Gasteiger partial charge >= 0.3 is 10.8 Å². The van der Waals surface area contributed by atoms with Crippen molar-refractivity contribution in [3.05, 3.63) is 74.7 Å². The van der Waals surface area contributed by atoms with Crippen molar-refractivity contribution in [2.45, 2.75) is 42.5 Å². The van der Waals surface area contributed by atoms with Crippen molar-refractivity contribution < 1.29 is 19.5 Å². The van der Waals surface area contributed by atoms with Gasteiger partial charge in [-0.3, -0.25) is 19.3 Å². The Bertz CT molecular complexity index is 1550. The SMILES string of the molecule is CC(C)C(C(=O)O)N1C(=O)C2C3CC(C2C1=O)C1C(c2ccc(-c4ccccc4)cc2)c2sc(=O)[nH]c2SC31. The summed E-state index contributed by atoms with van der Waals surface area (Å²) in [6.07, 6.45) is 0.778. The Balaban J connectivity index is 1.29. The maximum atomic E-state index is 13.8. The third-order valence-electron chi connectivity index (χ3n) is 9.30. The van der Waals surface area contributed by atoms with Crippen LogP contribution in [0.3, 0.4) is 0 Å². The lowest BCUT2D eigenvalue weighted by atomic mass is 9.68. The lowest BCUT2D eigenvalue weighted by molar-refractivity contribution is -0.157. The minimum absolute atomic E-state index is 0.0271. The molecular formula is C30H28N2O5S2. The summed E-state index contributed by atoms with van der Waals surface area (Å²) >= 11 is 2.88. The number of aromatic nitrogens is 1. The monoisotopic (exact) mass is 560 g/mol. The quantitative estimate of drug-likeness (QED) is 0.439. The molecule has 2 bridgehead atoms. The van der Waals surface area contributed by atoms with Crippen LogP contribution in [0.2, 0.25) is 0 Å². The molecule has 3 heterocycles. The highest BCUT2D eigenvalue weighted by Gasteiger charge is 2.70. The van der Waals surface area contributed by atoms with Gasteiger partial charge < -0.3 is 10.1 Å². The number of carbonyl (C=O) groups excluding carboxylic acids is 2. The number of carbonyl (C=O) groups is 3. The number of nitrogens with zero attached hydrogens (tertiary/aromatic N) is 1. The van der Waals surface area contributed by atoms with E-state index in [0.717, 1.165) is 37.9 Å². The first-order valence-electron chi connectivity index (χ1n) is 13.4. The van der Waals surface area contributed by atoms with E-state index >= 15 is 0 Å². The smallest absolute Gasteiger partial charge is 0.327 e. The molecule has 2 aliphatic carbocycles. The number of amides is 2. The molecule has 200 valence electrons. The number of carboxylic acids is 1. The molecule has 9 heteroatoms. The number of aromatic amines is 1. The number of likely N-dealkylation sites (tertiary alicyclic amines) is 1. The summed E-state index contributed by atoms with van der Waals surface area (Å²) in [7, 11) is 0. The summed E-state index contributed by atoms with van der Waals surface area (Å²) < 4.78 is 0. The highest BCUT2D eigenvalue weighted by Crippen LogP contribution is 2.68. The minimum Gasteiger partial charge on any atom is -0.480 e. The fourth-order valence-corrected chi connectivity index (χ4v) is 10.8. The van der Waals surface area contributed by atoms with Crippen LogP contribution < -0.4 is 4.87 Å². The van der Waals surface area contributed by atoms with Crippen LogP contribution in [-0.4, -0.2) is 44.1 Å². The van der Waals surface area contributed by atoms with Crippen LogP contribution in [0.15, 0.2) is 64.4 Å². The Morgan fingerprint density at radius 2 is 1.59 bits per heavy atom. The number of hydrogen-bond acceptors (Lipinski definition) is 6. The topological polar surface area (TPSA) is 108 Å². The molecule has 3 fully saturated rings. The van der Waals surface area contributed by atoms with Gasteiger partial charge in [-0.1, -0.05) is 79.8 Å². The minimum atomic E-state index is -1.15. The number of rotatable bonds is 5. The van der Waals surface area contributed by atoms with Crippen LogP contribution >= 0.6 is 23.1 Å². The van der Waals surface area contributed by atoms with E-state index in [9.17, 15) is 24.3 Å². The van der Waals surface area contributed by atoms with Crippen molar-refractivity contribution in [1.82, 2.24) is 9.88 Å². The van der Waals surface area contributed by atoms with E-state index in [-0.39, 0.29) is 51.5 Å². The predicted molar refractivity (Wildman–Crippen MR) is 148 cm³/mol. The molecule has 7 nitrogen and oxygen atoms in total. The fraction of sp³-hybridized carbons (Fsp3) is 0.400. The Morgan fingerprint density at radius 1 is 0.949 bits per heavy atom. The summed E-state index contributed by atoms with van der Waals surface area (Å²) in [5.74, 6) is -3.18. The summed E-state index contributed by atoms with van der Waals surface area (Å²) in [6.45, 7) is 3.47. The number of nitrogens with one attached hydrogen (secondary N) is 1. The van der Waals surface area contributed by atoms with Crippen LogP contribution in [0, 0.1) is 35.5 Å². The second-order valence-corrected chi connectivity index (χ2v) is 13.7. The molecule has 1 saturated heterocycles. The lowest BCUT2D eigenvalue weighted by Crippen LogP contribution is -2.49. The zero-order valence-corrected chi connectivity index (χ0v) is 23.1. The number of aliphatic carboxylic acids is 1.